The Morgan fingerprint density at radius 2 is 2.27 bits per heavy atom. The predicted octanol–water partition coefficient (Wildman–Crippen LogP) is 2.36. The number of morpholine rings is 1. The zero-order valence-corrected chi connectivity index (χ0v) is 12.1. The van der Waals surface area contributed by atoms with Gasteiger partial charge in [0, 0.05) is 12.6 Å². The molecule has 1 aromatic heterocycles. The molecule has 9 heteroatoms. The summed E-state index contributed by atoms with van der Waals surface area (Å²) >= 11 is 0. The summed E-state index contributed by atoms with van der Waals surface area (Å²) in [6, 6.07) is 0.191. The van der Waals surface area contributed by atoms with Crippen LogP contribution in [0.1, 0.15) is 12.6 Å². The third kappa shape index (κ3) is 3.59. The first-order valence-electron chi connectivity index (χ1n) is 6.59. The standard InChI is InChI=1S/C13H16F3N3O3/c1-8-7-22-4-3-19(8)12(20)18-9-6-17-11(13(14,15)16)5-10(9)21-2/h5-6,8H,3-4,7H2,1-2H3,(H,18,20). The van der Waals surface area contributed by atoms with Gasteiger partial charge < -0.3 is 19.7 Å². The topological polar surface area (TPSA) is 63.7 Å². The number of aromatic nitrogens is 1. The number of pyridine rings is 1. The summed E-state index contributed by atoms with van der Waals surface area (Å²) in [5.41, 5.74) is -0.999. The average molecular weight is 319 g/mol. The number of hydrogen-bond acceptors (Lipinski definition) is 4. The van der Waals surface area contributed by atoms with Crippen molar-refractivity contribution in [1.82, 2.24) is 9.88 Å². The molecule has 0 spiro atoms. The molecule has 1 fully saturated rings. The zero-order valence-electron chi connectivity index (χ0n) is 12.1. The van der Waals surface area contributed by atoms with Crippen LogP contribution in [0.5, 0.6) is 5.75 Å². The number of ether oxygens (including phenoxy) is 2. The van der Waals surface area contributed by atoms with Crippen LogP contribution in [0, 0.1) is 0 Å². The Bertz CT molecular complexity index is 551. The molecule has 1 saturated heterocycles. The molecule has 22 heavy (non-hydrogen) atoms. The number of urea groups is 1. The van der Waals surface area contributed by atoms with Gasteiger partial charge in [-0.05, 0) is 6.92 Å². The summed E-state index contributed by atoms with van der Waals surface area (Å²) < 4.78 is 48.0. The van der Waals surface area contributed by atoms with Crippen LogP contribution in [0.15, 0.2) is 12.3 Å². The van der Waals surface area contributed by atoms with E-state index in [2.05, 4.69) is 10.3 Å². The maximum Gasteiger partial charge on any atom is 0.433 e. The molecule has 1 N–H and O–H groups in total. The number of rotatable bonds is 2. The fraction of sp³-hybridized carbons (Fsp3) is 0.538. The summed E-state index contributed by atoms with van der Waals surface area (Å²) in [5, 5.41) is 2.52. The molecule has 2 amide bonds. The number of alkyl halides is 3. The molecule has 1 atom stereocenters. The van der Waals surface area contributed by atoms with Gasteiger partial charge in [0.2, 0.25) is 0 Å². The normalized spacial score (nSPS) is 19.0. The Kier molecular flexibility index (Phi) is 4.74. The number of carbonyl (C=O) groups excluding carboxylic acids is 1. The summed E-state index contributed by atoms with van der Waals surface area (Å²) in [6.07, 6.45) is -3.64. The fourth-order valence-corrected chi connectivity index (χ4v) is 2.07. The number of nitrogens with one attached hydrogen (secondary N) is 1. The molecule has 1 aromatic rings. The van der Waals surface area contributed by atoms with E-state index in [4.69, 9.17) is 9.47 Å². The molecule has 0 aliphatic carbocycles. The maximum atomic E-state index is 12.6. The van der Waals surface area contributed by atoms with Gasteiger partial charge in [-0.1, -0.05) is 0 Å². The van der Waals surface area contributed by atoms with Gasteiger partial charge in [-0.3, -0.25) is 0 Å². The summed E-state index contributed by atoms with van der Waals surface area (Å²) in [5.74, 6) is -0.100. The van der Waals surface area contributed by atoms with Crippen molar-refractivity contribution in [2.75, 3.05) is 32.2 Å². The summed E-state index contributed by atoms with van der Waals surface area (Å²) in [4.78, 5) is 17.0. The molecule has 2 rings (SSSR count). The molecule has 1 aliphatic rings. The minimum Gasteiger partial charge on any atom is -0.494 e. The van der Waals surface area contributed by atoms with Gasteiger partial charge in [0.25, 0.3) is 0 Å². The van der Waals surface area contributed by atoms with Crippen molar-refractivity contribution < 1.29 is 27.4 Å². The van der Waals surface area contributed by atoms with Gasteiger partial charge in [-0.2, -0.15) is 13.2 Å². The first kappa shape index (κ1) is 16.3. The van der Waals surface area contributed by atoms with E-state index in [1.807, 2.05) is 6.92 Å². The second-order valence-electron chi connectivity index (χ2n) is 4.82. The predicted molar refractivity (Wildman–Crippen MR) is 71.8 cm³/mol. The molecule has 0 radical (unpaired) electrons. The number of amides is 2. The van der Waals surface area contributed by atoms with Crippen molar-refractivity contribution in [3.05, 3.63) is 18.0 Å². The van der Waals surface area contributed by atoms with E-state index in [1.54, 1.807) is 4.90 Å². The first-order chi connectivity index (χ1) is 10.3. The van der Waals surface area contributed by atoms with Gasteiger partial charge in [0.1, 0.15) is 17.1 Å². The Morgan fingerprint density at radius 1 is 1.55 bits per heavy atom. The molecule has 6 nitrogen and oxygen atoms in total. The van der Waals surface area contributed by atoms with Crippen LogP contribution < -0.4 is 10.1 Å². The average Bonchev–Trinajstić information content (AvgIpc) is 2.46. The molecule has 0 bridgehead atoms. The van der Waals surface area contributed by atoms with Crippen molar-refractivity contribution in [3.8, 4) is 5.75 Å². The highest BCUT2D eigenvalue weighted by atomic mass is 19.4. The van der Waals surface area contributed by atoms with Crippen molar-refractivity contribution in [2.45, 2.75) is 19.1 Å². The number of methoxy groups -OCH3 is 1. The Balaban J connectivity index is 2.16. The highest BCUT2D eigenvalue weighted by Gasteiger charge is 2.33. The van der Waals surface area contributed by atoms with Crippen LogP contribution in [-0.4, -0.2) is 48.8 Å². The van der Waals surface area contributed by atoms with Crippen LogP contribution in [0.2, 0.25) is 0 Å². The summed E-state index contributed by atoms with van der Waals surface area (Å²) in [6.45, 7) is 3.06. The molecule has 2 heterocycles. The quantitative estimate of drug-likeness (QED) is 0.909. The minimum absolute atomic E-state index is 0.0826. The number of anilines is 1. The lowest BCUT2D eigenvalue weighted by atomic mass is 10.2. The third-order valence-electron chi connectivity index (χ3n) is 3.25. The number of nitrogens with zero attached hydrogens (tertiary/aromatic N) is 2. The Morgan fingerprint density at radius 3 is 2.86 bits per heavy atom. The van der Waals surface area contributed by atoms with Gasteiger partial charge in [0.15, 0.2) is 0 Å². The summed E-state index contributed by atoms with van der Waals surface area (Å²) in [7, 11) is 1.22. The van der Waals surface area contributed by atoms with Crippen LogP contribution in [0.4, 0.5) is 23.7 Å². The van der Waals surface area contributed by atoms with E-state index in [0.717, 1.165) is 12.3 Å². The highest BCUT2D eigenvalue weighted by Crippen LogP contribution is 2.33. The number of halogens is 3. The maximum absolute atomic E-state index is 12.6. The van der Waals surface area contributed by atoms with E-state index in [9.17, 15) is 18.0 Å². The molecule has 0 saturated carbocycles. The molecule has 122 valence electrons. The van der Waals surface area contributed by atoms with Crippen LogP contribution in [0.3, 0.4) is 0 Å². The molecule has 1 aliphatic heterocycles. The second-order valence-corrected chi connectivity index (χ2v) is 4.82. The van der Waals surface area contributed by atoms with Crippen LogP contribution in [-0.2, 0) is 10.9 Å². The second kappa shape index (κ2) is 6.39. The van der Waals surface area contributed by atoms with E-state index < -0.39 is 17.9 Å². The SMILES string of the molecule is COc1cc(C(F)(F)F)ncc1NC(=O)N1CCOCC1C. The molecule has 1 unspecified atom stereocenters. The van der Waals surface area contributed by atoms with Crippen LogP contribution in [0.25, 0.3) is 0 Å². The zero-order chi connectivity index (χ0) is 16.3. The van der Waals surface area contributed by atoms with E-state index in [1.165, 1.54) is 7.11 Å². The largest absolute Gasteiger partial charge is 0.494 e. The minimum atomic E-state index is -4.57. The van der Waals surface area contributed by atoms with Gasteiger partial charge >= 0.3 is 12.2 Å². The van der Waals surface area contributed by atoms with Crippen molar-refractivity contribution in [2.24, 2.45) is 0 Å². The van der Waals surface area contributed by atoms with Gasteiger partial charge in [-0.15, -0.1) is 0 Å². The van der Waals surface area contributed by atoms with E-state index in [0.29, 0.717) is 19.8 Å². The smallest absolute Gasteiger partial charge is 0.433 e. The van der Waals surface area contributed by atoms with Crippen LogP contribution >= 0.6 is 0 Å². The van der Waals surface area contributed by atoms with Crippen molar-refractivity contribution in [1.29, 1.82) is 0 Å². The number of hydrogen-bond donors (Lipinski definition) is 1. The van der Waals surface area contributed by atoms with Crippen molar-refractivity contribution >= 4 is 11.7 Å². The van der Waals surface area contributed by atoms with E-state index >= 15 is 0 Å². The lowest BCUT2D eigenvalue weighted by Crippen LogP contribution is -2.48. The number of carbonyl (C=O) groups is 1. The Labute approximate surface area is 125 Å². The first-order valence-corrected chi connectivity index (χ1v) is 6.59. The molecular weight excluding hydrogens is 303 g/mol. The van der Waals surface area contributed by atoms with E-state index in [-0.39, 0.29) is 17.5 Å². The van der Waals surface area contributed by atoms with Crippen molar-refractivity contribution in [3.63, 3.8) is 0 Å². The van der Waals surface area contributed by atoms with Gasteiger partial charge in [0.05, 0.1) is 32.6 Å². The fourth-order valence-electron chi connectivity index (χ4n) is 2.07. The molecule has 0 aromatic carbocycles. The third-order valence-corrected chi connectivity index (χ3v) is 3.25. The lowest BCUT2D eigenvalue weighted by molar-refractivity contribution is -0.141. The highest BCUT2D eigenvalue weighted by molar-refractivity contribution is 5.91. The van der Waals surface area contributed by atoms with Gasteiger partial charge in [-0.25, -0.2) is 9.78 Å². The monoisotopic (exact) mass is 319 g/mol. The lowest BCUT2D eigenvalue weighted by Gasteiger charge is -2.33. The molecular formula is C13H16F3N3O3. The Hall–Kier alpha value is -2.03.